The molecule has 0 fully saturated rings. The topological polar surface area (TPSA) is 24.9 Å². The van der Waals surface area contributed by atoms with Gasteiger partial charge in [-0.05, 0) is 13.0 Å². The van der Waals surface area contributed by atoms with Crippen molar-refractivity contribution in [3.05, 3.63) is 50.7 Å². The highest BCUT2D eigenvalue weighted by molar-refractivity contribution is 7.11. The average molecular weight is 271 g/mol. The van der Waals surface area contributed by atoms with E-state index in [2.05, 4.69) is 10.3 Å². The second kappa shape index (κ2) is 5.58. The van der Waals surface area contributed by atoms with Gasteiger partial charge >= 0.3 is 0 Å². The molecule has 0 radical (unpaired) electrons. The van der Waals surface area contributed by atoms with Crippen molar-refractivity contribution in [3.8, 4) is 0 Å². The van der Waals surface area contributed by atoms with E-state index >= 15 is 0 Å². The average Bonchev–Trinajstić information content (AvgIpc) is 2.70. The van der Waals surface area contributed by atoms with Crippen molar-refractivity contribution in [2.75, 3.05) is 0 Å². The monoisotopic (exact) mass is 270 g/mol. The summed E-state index contributed by atoms with van der Waals surface area (Å²) in [5.74, 6) is -0.345. The van der Waals surface area contributed by atoms with Crippen LogP contribution >= 0.6 is 22.9 Å². The van der Waals surface area contributed by atoms with E-state index in [1.807, 2.05) is 13.1 Å². The molecule has 0 saturated heterocycles. The molecule has 90 valence electrons. The Morgan fingerprint density at radius 1 is 1.41 bits per heavy atom. The summed E-state index contributed by atoms with van der Waals surface area (Å²) in [4.78, 5) is 5.30. The van der Waals surface area contributed by atoms with Crippen LogP contribution < -0.4 is 5.32 Å². The van der Waals surface area contributed by atoms with Gasteiger partial charge in [-0.1, -0.05) is 23.7 Å². The molecule has 2 nitrogen and oxygen atoms in total. The molecule has 0 bridgehead atoms. The van der Waals surface area contributed by atoms with Gasteiger partial charge in [0, 0.05) is 29.7 Å². The van der Waals surface area contributed by atoms with Crippen LogP contribution in [0.3, 0.4) is 0 Å². The maximum absolute atomic E-state index is 13.5. The number of aryl methyl sites for hydroxylation is 1. The Balaban J connectivity index is 1.92. The van der Waals surface area contributed by atoms with Gasteiger partial charge in [-0.2, -0.15) is 0 Å². The number of nitrogens with zero attached hydrogens (tertiary/aromatic N) is 1. The van der Waals surface area contributed by atoms with Crippen molar-refractivity contribution in [3.63, 3.8) is 0 Å². The van der Waals surface area contributed by atoms with Crippen molar-refractivity contribution >= 4 is 22.9 Å². The van der Waals surface area contributed by atoms with E-state index in [1.165, 1.54) is 0 Å². The number of benzene rings is 1. The van der Waals surface area contributed by atoms with Gasteiger partial charge in [0.1, 0.15) is 5.82 Å². The van der Waals surface area contributed by atoms with Gasteiger partial charge in [-0.25, -0.2) is 9.37 Å². The second-order valence-corrected chi connectivity index (χ2v) is 5.39. The quantitative estimate of drug-likeness (QED) is 0.919. The largest absolute Gasteiger partial charge is 0.308 e. The van der Waals surface area contributed by atoms with Crippen molar-refractivity contribution in [1.82, 2.24) is 10.3 Å². The minimum atomic E-state index is -0.345. The molecule has 0 aliphatic heterocycles. The van der Waals surface area contributed by atoms with E-state index in [1.54, 1.807) is 29.5 Å². The minimum absolute atomic E-state index is 0.165. The first-order chi connectivity index (χ1) is 8.16. The molecule has 0 unspecified atom stereocenters. The van der Waals surface area contributed by atoms with Crippen molar-refractivity contribution in [2.45, 2.75) is 20.0 Å². The Hall–Kier alpha value is -0.970. The number of hydrogen-bond acceptors (Lipinski definition) is 3. The Morgan fingerprint density at radius 3 is 2.94 bits per heavy atom. The van der Waals surface area contributed by atoms with Gasteiger partial charge in [0.25, 0.3) is 0 Å². The van der Waals surface area contributed by atoms with Crippen molar-refractivity contribution in [2.24, 2.45) is 0 Å². The molecule has 0 atom stereocenters. The van der Waals surface area contributed by atoms with Crippen LogP contribution in [0.2, 0.25) is 5.02 Å². The predicted octanol–water partition coefficient (Wildman–Crippen LogP) is 3.53. The maximum atomic E-state index is 13.5. The predicted molar refractivity (Wildman–Crippen MR) is 68.8 cm³/mol. The zero-order valence-corrected chi connectivity index (χ0v) is 10.9. The van der Waals surface area contributed by atoms with Crippen LogP contribution in [0.4, 0.5) is 4.39 Å². The lowest BCUT2D eigenvalue weighted by Crippen LogP contribution is -2.13. The van der Waals surface area contributed by atoms with E-state index < -0.39 is 0 Å². The van der Waals surface area contributed by atoms with E-state index in [-0.39, 0.29) is 10.8 Å². The Bertz CT molecular complexity index is 513. The number of thiazole rings is 1. The third-order valence-electron chi connectivity index (χ3n) is 2.32. The fourth-order valence-electron chi connectivity index (χ4n) is 1.49. The molecule has 0 aliphatic carbocycles. The van der Waals surface area contributed by atoms with Crippen molar-refractivity contribution < 1.29 is 4.39 Å². The van der Waals surface area contributed by atoms with Crippen molar-refractivity contribution in [1.29, 1.82) is 0 Å². The normalized spacial score (nSPS) is 10.8. The van der Waals surface area contributed by atoms with Gasteiger partial charge in [0.2, 0.25) is 0 Å². The molecule has 0 aliphatic rings. The molecule has 17 heavy (non-hydrogen) atoms. The number of nitrogens with one attached hydrogen (secondary N) is 1. The molecule has 1 aromatic heterocycles. The number of aromatic nitrogens is 1. The van der Waals surface area contributed by atoms with E-state index in [0.717, 1.165) is 9.88 Å². The summed E-state index contributed by atoms with van der Waals surface area (Å²) in [5.41, 5.74) is 0.582. The zero-order chi connectivity index (χ0) is 12.3. The summed E-state index contributed by atoms with van der Waals surface area (Å²) in [6.07, 6.45) is 1.83. The molecular weight excluding hydrogens is 259 g/mol. The SMILES string of the molecule is Cc1ncc(CNCc2cccc(Cl)c2F)s1. The molecule has 0 amide bonds. The summed E-state index contributed by atoms with van der Waals surface area (Å²) in [5, 5.41) is 4.37. The van der Waals surface area contributed by atoms with Crippen LogP contribution in [0.5, 0.6) is 0 Å². The summed E-state index contributed by atoms with van der Waals surface area (Å²) < 4.78 is 13.5. The molecule has 0 spiro atoms. The van der Waals surface area contributed by atoms with Gasteiger partial charge in [0.15, 0.2) is 0 Å². The molecule has 1 aromatic carbocycles. The number of halogens is 2. The number of hydrogen-bond donors (Lipinski definition) is 1. The van der Waals surface area contributed by atoms with Gasteiger partial charge in [-0.3, -0.25) is 0 Å². The molecule has 1 heterocycles. The van der Waals surface area contributed by atoms with Crippen LogP contribution in [0.15, 0.2) is 24.4 Å². The summed E-state index contributed by atoms with van der Waals surface area (Å²) in [6, 6.07) is 5.03. The standard InChI is InChI=1S/C12H12ClFN2S/c1-8-16-7-10(17-8)6-15-5-9-3-2-4-11(13)12(9)14/h2-4,7,15H,5-6H2,1H3. The minimum Gasteiger partial charge on any atom is -0.308 e. The maximum Gasteiger partial charge on any atom is 0.146 e. The zero-order valence-electron chi connectivity index (χ0n) is 9.34. The Labute approximate surface area is 108 Å². The Kier molecular flexibility index (Phi) is 4.10. The fraction of sp³-hybridized carbons (Fsp3) is 0.250. The highest BCUT2D eigenvalue weighted by Gasteiger charge is 2.05. The first kappa shape index (κ1) is 12.5. The van der Waals surface area contributed by atoms with Crippen LogP contribution in [0.1, 0.15) is 15.4 Å². The van der Waals surface area contributed by atoms with E-state index in [4.69, 9.17) is 11.6 Å². The second-order valence-electron chi connectivity index (χ2n) is 3.66. The lowest BCUT2D eigenvalue weighted by molar-refractivity contribution is 0.589. The van der Waals surface area contributed by atoms with E-state index in [0.29, 0.717) is 18.7 Å². The summed E-state index contributed by atoms with van der Waals surface area (Å²) >= 11 is 7.34. The highest BCUT2D eigenvalue weighted by Crippen LogP contribution is 2.18. The highest BCUT2D eigenvalue weighted by atomic mass is 35.5. The van der Waals surface area contributed by atoms with Crippen LogP contribution in [0.25, 0.3) is 0 Å². The molecule has 5 heteroatoms. The lowest BCUT2D eigenvalue weighted by Gasteiger charge is -2.05. The fourth-order valence-corrected chi connectivity index (χ4v) is 2.45. The van der Waals surface area contributed by atoms with E-state index in [9.17, 15) is 4.39 Å². The molecule has 0 saturated carbocycles. The molecule has 1 N–H and O–H groups in total. The third-order valence-corrected chi connectivity index (χ3v) is 3.52. The number of rotatable bonds is 4. The first-order valence-corrected chi connectivity index (χ1v) is 6.41. The van der Waals surface area contributed by atoms with Crippen LogP contribution in [-0.2, 0) is 13.1 Å². The van der Waals surface area contributed by atoms with Gasteiger partial charge in [0.05, 0.1) is 10.0 Å². The van der Waals surface area contributed by atoms with Crippen LogP contribution in [0, 0.1) is 12.7 Å². The smallest absolute Gasteiger partial charge is 0.146 e. The third kappa shape index (κ3) is 3.25. The first-order valence-electron chi connectivity index (χ1n) is 5.21. The van der Waals surface area contributed by atoms with Gasteiger partial charge < -0.3 is 5.32 Å². The summed E-state index contributed by atoms with van der Waals surface area (Å²) in [6.45, 7) is 3.12. The lowest BCUT2D eigenvalue weighted by atomic mass is 10.2. The Morgan fingerprint density at radius 2 is 2.24 bits per heavy atom. The molecular formula is C12H12ClFN2S. The van der Waals surface area contributed by atoms with Gasteiger partial charge in [-0.15, -0.1) is 11.3 Å². The summed E-state index contributed by atoms with van der Waals surface area (Å²) in [7, 11) is 0. The molecule has 2 rings (SSSR count). The van der Waals surface area contributed by atoms with Crippen LogP contribution in [-0.4, -0.2) is 4.98 Å². The molecule has 2 aromatic rings.